The number of hydrogen-bond acceptors (Lipinski definition) is 2. The first-order valence-corrected chi connectivity index (χ1v) is 23.7. The molecule has 0 aliphatic heterocycles. The molecule has 0 aliphatic rings. The van der Waals surface area contributed by atoms with Crippen LogP contribution in [0.2, 0.25) is 0 Å². The molecule has 0 aliphatic carbocycles. The average Bonchev–Trinajstić information content (AvgIpc) is 4.28. The Labute approximate surface area is 444 Å². The van der Waals surface area contributed by atoms with Gasteiger partial charge in [-0.3, -0.25) is 4.57 Å². The summed E-state index contributed by atoms with van der Waals surface area (Å²) in [7, 11) is 0. The summed E-state index contributed by atoms with van der Waals surface area (Å²) in [6.45, 7) is 6.57. The number of benzene rings is 9. The zero-order chi connectivity index (χ0) is 54.5. The standard InChI is InChI=1S/C65H47N5O.Pt/c1-43(2)44(3)47-36-37-66-64(38-47)70-60-35-32-49(69-58-28-12-10-24-54(58)55-25-11-13-29-59(55)69)40-57(60)56-34-33-51(41-63(56)70)71-50-23-16-22-48(39-50)67-42-68(62-31-15-14-30-61(62)67)65-52(45-18-6-4-7-19-45)26-17-27-53(65)46-20-8-5-9-21-46;/h4-38,40,43-44H,1-3H3;/q-2;/i10D,11D,12D,13D,24D,25D,28D,29D;. The molecule has 0 radical (unpaired) electrons. The van der Waals surface area contributed by atoms with Gasteiger partial charge in [0.25, 0.3) is 6.33 Å². The normalized spacial score (nSPS) is 13.6. The Hall–Kier alpha value is -8.31. The summed E-state index contributed by atoms with van der Waals surface area (Å²) in [6.07, 6.45) is 5.53. The van der Waals surface area contributed by atoms with Crippen LogP contribution in [0.1, 0.15) is 43.2 Å². The van der Waals surface area contributed by atoms with E-state index in [0.717, 1.165) is 60.8 Å². The van der Waals surface area contributed by atoms with E-state index in [-0.39, 0.29) is 73.0 Å². The fourth-order valence-electron chi connectivity index (χ4n) is 9.89. The molecule has 13 aromatic rings. The maximum absolute atomic E-state index is 9.15. The van der Waals surface area contributed by atoms with Gasteiger partial charge in [0.1, 0.15) is 5.82 Å². The fourth-order valence-corrected chi connectivity index (χ4v) is 9.89. The molecule has 0 N–H and O–H groups in total. The van der Waals surface area contributed by atoms with Crippen molar-refractivity contribution in [2.24, 2.45) is 5.92 Å². The van der Waals surface area contributed by atoms with Crippen molar-refractivity contribution in [3.05, 3.63) is 242 Å². The first kappa shape index (κ1) is 36.6. The van der Waals surface area contributed by atoms with Gasteiger partial charge in [0.15, 0.2) is 0 Å². The van der Waals surface area contributed by atoms with Crippen molar-refractivity contribution < 1.29 is 41.3 Å². The summed E-state index contributed by atoms with van der Waals surface area (Å²) in [5.74, 6) is 2.07. The molecule has 6 nitrogen and oxygen atoms in total. The third-order valence-corrected chi connectivity index (χ3v) is 13.7. The number of fused-ring (bicyclic) bond motifs is 7. The minimum absolute atomic E-state index is 0. The van der Waals surface area contributed by atoms with Crippen molar-refractivity contribution in [2.45, 2.75) is 26.7 Å². The molecular weight excluding hydrogens is 1060 g/mol. The Bertz CT molecular complexity index is 4500. The summed E-state index contributed by atoms with van der Waals surface area (Å²) in [5, 5.41) is 1.52. The van der Waals surface area contributed by atoms with E-state index in [4.69, 9.17) is 20.7 Å². The van der Waals surface area contributed by atoms with E-state index < -0.39 is 24.2 Å². The van der Waals surface area contributed by atoms with E-state index in [1.54, 1.807) is 6.07 Å². The molecule has 0 saturated carbocycles. The number of pyridine rings is 1. The summed E-state index contributed by atoms with van der Waals surface area (Å²) < 4.78 is 85.2. The van der Waals surface area contributed by atoms with E-state index in [2.05, 4.69) is 129 Å². The van der Waals surface area contributed by atoms with Crippen molar-refractivity contribution in [3.63, 3.8) is 0 Å². The number of hydrogen-bond donors (Lipinski definition) is 0. The summed E-state index contributed by atoms with van der Waals surface area (Å²) in [6, 6.07) is 58.3. The van der Waals surface area contributed by atoms with Gasteiger partial charge in [0, 0.05) is 60.7 Å². The van der Waals surface area contributed by atoms with Gasteiger partial charge in [-0.1, -0.05) is 166 Å². The van der Waals surface area contributed by atoms with Gasteiger partial charge in [0.05, 0.1) is 38.7 Å². The van der Waals surface area contributed by atoms with E-state index in [0.29, 0.717) is 40.1 Å². The zero-order valence-electron chi connectivity index (χ0n) is 47.3. The number of aromatic nitrogens is 5. The Morgan fingerprint density at radius 2 is 1.21 bits per heavy atom. The molecule has 9 aromatic carbocycles. The largest absolute Gasteiger partial charge is 0.510 e. The zero-order valence-corrected chi connectivity index (χ0v) is 41.6. The molecule has 13 rings (SSSR count). The predicted molar refractivity (Wildman–Crippen MR) is 288 cm³/mol. The van der Waals surface area contributed by atoms with Crippen molar-refractivity contribution >= 4 is 54.6 Å². The summed E-state index contributed by atoms with van der Waals surface area (Å²) in [5.41, 5.74) is 10.8. The second-order valence-electron chi connectivity index (χ2n) is 18.1. The van der Waals surface area contributed by atoms with Crippen molar-refractivity contribution in [1.29, 1.82) is 0 Å². The van der Waals surface area contributed by atoms with Crippen LogP contribution in [0.15, 0.2) is 218 Å². The van der Waals surface area contributed by atoms with Gasteiger partial charge >= 0.3 is 0 Å². The van der Waals surface area contributed by atoms with Crippen LogP contribution in [0.3, 0.4) is 0 Å². The Kier molecular flexibility index (Phi) is 9.38. The third-order valence-electron chi connectivity index (χ3n) is 13.7. The summed E-state index contributed by atoms with van der Waals surface area (Å²) >= 11 is 0. The maximum Gasteiger partial charge on any atom is 0.268 e. The molecule has 1 unspecified atom stereocenters. The maximum atomic E-state index is 9.15. The molecule has 0 spiro atoms. The molecule has 350 valence electrons. The molecule has 4 heterocycles. The van der Waals surface area contributed by atoms with E-state index in [1.165, 1.54) is 4.57 Å². The number of rotatable bonds is 10. The molecular formula is C65H47N5OPt-2. The van der Waals surface area contributed by atoms with Gasteiger partial charge in [0.2, 0.25) is 0 Å². The van der Waals surface area contributed by atoms with E-state index >= 15 is 0 Å². The van der Waals surface area contributed by atoms with Crippen LogP contribution in [0.4, 0.5) is 0 Å². The number of nitrogens with zero attached hydrogens (tertiary/aromatic N) is 5. The molecule has 72 heavy (non-hydrogen) atoms. The topological polar surface area (TPSA) is 40.8 Å². The van der Waals surface area contributed by atoms with Gasteiger partial charge in [-0.05, 0) is 93.1 Å². The average molecular weight is 1120 g/mol. The Balaban J connectivity index is 0.00000637. The molecule has 4 aromatic heterocycles. The molecule has 7 heteroatoms. The number of imidazole rings is 1. The molecule has 1 atom stereocenters. The van der Waals surface area contributed by atoms with Crippen LogP contribution in [0.25, 0.3) is 99.8 Å². The van der Waals surface area contributed by atoms with Gasteiger partial charge in [-0.2, -0.15) is 18.2 Å². The molecule has 0 amide bonds. The molecule has 0 bridgehead atoms. The van der Waals surface area contributed by atoms with Crippen LogP contribution in [-0.4, -0.2) is 18.7 Å². The smallest absolute Gasteiger partial charge is 0.268 e. The third kappa shape index (κ3) is 7.62. The van der Waals surface area contributed by atoms with Crippen molar-refractivity contribution in [3.8, 4) is 56.6 Å². The minimum Gasteiger partial charge on any atom is -0.510 e. The molecule has 0 saturated heterocycles. The minimum atomic E-state index is -0.495. The number of para-hydroxylation sites is 5. The van der Waals surface area contributed by atoms with Gasteiger partial charge in [-0.15, -0.1) is 29.7 Å². The number of ether oxygens (including phenoxy) is 1. The first-order valence-electron chi connectivity index (χ1n) is 27.7. The Morgan fingerprint density at radius 3 is 1.92 bits per heavy atom. The summed E-state index contributed by atoms with van der Waals surface area (Å²) in [4.78, 5) is 4.92. The van der Waals surface area contributed by atoms with Crippen LogP contribution in [0.5, 0.6) is 11.5 Å². The van der Waals surface area contributed by atoms with Crippen molar-refractivity contribution in [1.82, 2.24) is 18.7 Å². The van der Waals surface area contributed by atoms with Gasteiger partial charge in [-0.25, -0.2) is 4.98 Å². The molecule has 0 fully saturated rings. The van der Waals surface area contributed by atoms with Crippen LogP contribution in [-0.2, 0) is 21.1 Å². The van der Waals surface area contributed by atoms with Crippen molar-refractivity contribution in [2.75, 3.05) is 0 Å². The van der Waals surface area contributed by atoms with E-state index in [1.807, 2.05) is 88.1 Å². The van der Waals surface area contributed by atoms with Crippen LogP contribution >= 0.6 is 0 Å². The second-order valence-corrected chi connectivity index (χ2v) is 18.1. The Morgan fingerprint density at radius 1 is 0.556 bits per heavy atom. The monoisotopic (exact) mass is 1120 g/mol. The fraction of sp³-hybridized carbons (Fsp3) is 0.0769. The first-order chi connectivity index (χ1) is 38.3. The van der Waals surface area contributed by atoms with Gasteiger partial charge < -0.3 is 18.4 Å². The van der Waals surface area contributed by atoms with Crippen LogP contribution in [0, 0.1) is 24.4 Å². The van der Waals surface area contributed by atoms with Crippen LogP contribution < -0.4 is 9.30 Å². The predicted octanol–water partition coefficient (Wildman–Crippen LogP) is 15.8. The SMILES string of the molecule is [2H]c1c([2H])c([2H])c2c(c1[2H])c1c([2H])c([2H])c([2H])c([2H])c1n2-c1ccc2c(c1)c1ccc(Oc3[c-]c(-n4[c-][n+](-c5c(-c6ccccc6)cccc5-c5ccccc5)c5ccccc54)ccc3)[c-]c1n2-c1cc(C(C)C(C)C)ccn1.[Pt]. The quantitative estimate of drug-likeness (QED) is 0.101. The van der Waals surface area contributed by atoms with E-state index in [9.17, 15) is 0 Å². The second kappa shape index (κ2) is 18.5.